The van der Waals surface area contributed by atoms with E-state index in [4.69, 9.17) is 4.74 Å². The lowest BCUT2D eigenvalue weighted by atomic mass is 10.2. The predicted molar refractivity (Wildman–Crippen MR) is 65.1 cm³/mol. The molecule has 0 unspecified atom stereocenters. The Morgan fingerprint density at radius 2 is 2.17 bits per heavy atom. The van der Waals surface area contributed by atoms with E-state index in [9.17, 15) is 9.90 Å². The van der Waals surface area contributed by atoms with E-state index < -0.39 is 5.97 Å². The van der Waals surface area contributed by atoms with Crippen LogP contribution in [-0.2, 0) is 4.74 Å². The highest BCUT2D eigenvalue weighted by molar-refractivity contribution is 5.88. The van der Waals surface area contributed by atoms with Gasteiger partial charge in [-0.25, -0.2) is 9.78 Å². The summed E-state index contributed by atoms with van der Waals surface area (Å²) in [5.41, 5.74) is 1.08. The van der Waals surface area contributed by atoms with Gasteiger partial charge in [-0.1, -0.05) is 6.07 Å². The molecular weight excluding hydrogens is 232 g/mol. The maximum Gasteiger partial charge on any atom is 0.357 e. The van der Waals surface area contributed by atoms with Crippen molar-refractivity contribution in [1.82, 2.24) is 9.97 Å². The van der Waals surface area contributed by atoms with Crippen LogP contribution in [0, 0.1) is 0 Å². The summed E-state index contributed by atoms with van der Waals surface area (Å²) in [6, 6.07) is 8.04. The number of hydrogen-bond donors (Lipinski definition) is 1. The first-order chi connectivity index (χ1) is 8.70. The molecule has 2 rings (SSSR count). The van der Waals surface area contributed by atoms with Gasteiger partial charge in [0.15, 0.2) is 5.69 Å². The second-order valence-corrected chi connectivity index (χ2v) is 3.53. The summed E-state index contributed by atoms with van der Waals surface area (Å²) in [5.74, 6) is -0.612. The Hall–Kier alpha value is -2.43. The molecule has 0 aliphatic heterocycles. The minimum Gasteiger partial charge on any atom is -0.508 e. The van der Waals surface area contributed by atoms with Gasteiger partial charge in [0.1, 0.15) is 5.75 Å². The van der Waals surface area contributed by atoms with Crippen LogP contribution in [0.2, 0.25) is 0 Å². The number of pyridine rings is 2. The summed E-state index contributed by atoms with van der Waals surface area (Å²) < 4.78 is 4.84. The molecular formula is C13H12N2O3. The SMILES string of the molecule is CCOC(=O)c1cc(O)cc(-c2ccccn2)n1. The average molecular weight is 244 g/mol. The fourth-order valence-electron chi connectivity index (χ4n) is 1.47. The Bertz CT molecular complexity index is 555. The first-order valence-corrected chi connectivity index (χ1v) is 5.50. The van der Waals surface area contributed by atoms with E-state index in [1.54, 1.807) is 31.3 Å². The molecule has 0 atom stereocenters. The lowest BCUT2D eigenvalue weighted by molar-refractivity contribution is 0.0519. The smallest absolute Gasteiger partial charge is 0.357 e. The average Bonchev–Trinajstić information content (AvgIpc) is 2.39. The maximum absolute atomic E-state index is 11.6. The molecule has 5 heteroatoms. The van der Waals surface area contributed by atoms with E-state index in [1.807, 2.05) is 0 Å². The predicted octanol–water partition coefficient (Wildman–Crippen LogP) is 2.03. The van der Waals surface area contributed by atoms with Crippen molar-refractivity contribution < 1.29 is 14.6 Å². The van der Waals surface area contributed by atoms with Crippen LogP contribution in [-0.4, -0.2) is 27.7 Å². The van der Waals surface area contributed by atoms with Crippen molar-refractivity contribution in [3.8, 4) is 17.1 Å². The lowest BCUT2D eigenvalue weighted by Crippen LogP contribution is -2.07. The van der Waals surface area contributed by atoms with Crippen LogP contribution in [0.3, 0.4) is 0 Å². The maximum atomic E-state index is 11.6. The number of esters is 1. The standard InChI is InChI=1S/C13H12N2O3/c1-2-18-13(17)12-8-9(16)7-11(15-12)10-5-3-4-6-14-10/h3-8H,2H2,1H3,(H,15,16). The highest BCUT2D eigenvalue weighted by Gasteiger charge is 2.12. The van der Waals surface area contributed by atoms with Gasteiger partial charge in [0.05, 0.1) is 18.0 Å². The Balaban J connectivity index is 2.41. The van der Waals surface area contributed by atoms with Gasteiger partial charge in [-0.2, -0.15) is 0 Å². The van der Waals surface area contributed by atoms with Crippen LogP contribution in [0.1, 0.15) is 17.4 Å². The third-order valence-electron chi connectivity index (χ3n) is 2.22. The zero-order valence-electron chi connectivity index (χ0n) is 9.83. The molecule has 0 aliphatic rings. The molecule has 2 aromatic heterocycles. The summed E-state index contributed by atoms with van der Waals surface area (Å²) in [6.07, 6.45) is 1.62. The van der Waals surface area contributed by atoms with Crippen LogP contribution in [0.25, 0.3) is 11.4 Å². The number of carbonyl (C=O) groups excluding carboxylic acids is 1. The van der Waals surface area contributed by atoms with Crippen LogP contribution in [0.15, 0.2) is 36.5 Å². The molecule has 0 amide bonds. The summed E-state index contributed by atoms with van der Waals surface area (Å²) in [6.45, 7) is 1.97. The molecule has 0 radical (unpaired) electrons. The number of ether oxygens (including phenoxy) is 1. The van der Waals surface area contributed by atoms with Crippen molar-refractivity contribution >= 4 is 5.97 Å². The number of nitrogens with zero attached hydrogens (tertiary/aromatic N) is 2. The van der Waals surface area contributed by atoms with Crippen LogP contribution < -0.4 is 0 Å². The van der Waals surface area contributed by atoms with E-state index in [1.165, 1.54) is 12.1 Å². The fourth-order valence-corrected chi connectivity index (χ4v) is 1.47. The largest absolute Gasteiger partial charge is 0.508 e. The topological polar surface area (TPSA) is 72.3 Å². The molecule has 0 aliphatic carbocycles. The molecule has 5 nitrogen and oxygen atoms in total. The van der Waals surface area contributed by atoms with Crippen LogP contribution >= 0.6 is 0 Å². The number of aromatic nitrogens is 2. The summed E-state index contributed by atoms with van der Waals surface area (Å²) in [7, 11) is 0. The molecule has 0 spiro atoms. The summed E-state index contributed by atoms with van der Waals surface area (Å²) in [5, 5.41) is 9.60. The number of carbonyl (C=O) groups is 1. The van der Waals surface area contributed by atoms with Crippen molar-refractivity contribution in [3.63, 3.8) is 0 Å². The number of rotatable bonds is 3. The third-order valence-corrected chi connectivity index (χ3v) is 2.22. The molecule has 1 N–H and O–H groups in total. The molecule has 92 valence electrons. The van der Waals surface area contributed by atoms with E-state index in [0.29, 0.717) is 11.4 Å². The van der Waals surface area contributed by atoms with E-state index in [2.05, 4.69) is 9.97 Å². The minimum atomic E-state index is -0.564. The van der Waals surface area contributed by atoms with Crippen molar-refractivity contribution in [2.45, 2.75) is 6.92 Å². The van der Waals surface area contributed by atoms with Gasteiger partial charge in [-0.3, -0.25) is 4.98 Å². The lowest BCUT2D eigenvalue weighted by Gasteiger charge is -2.05. The van der Waals surface area contributed by atoms with Crippen LogP contribution in [0.5, 0.6) is 5.75 Å². The molecule has 2 aromatic rings. The zero-order chi connectivity index (χ0) is 13.0. The highest BCUT2D eigenvalue weighted by atomic mass is 16.5. The Morgan fingerprint density at radius 1 is 1.33 bits per heavy atom. The monoisotopic (exact) mass is 244 g/mol. The molecule has 0 saturated carbocycles. The molecule has 0 bridgehead atoms. The van der Waals surface area contributed by atoms with Crippen molar-refractivity contribution in [1.29, 1.82) is 0 Å². The Kier molecular flexibility index (Phi) is 3.52. The normalized spacial score (nSPS) is 10.1. The molecule has 0 fully saturated rings. The van der Waals surface area contributed by atoms with Crippen molar-refractivity contribution in [3.05, 3.63) is 42.2 Å². The fraction of sp³-hybridized carbons (Fsp3) is 0.154. The van der Waals surface area contributed by atoms with E-state index in [-0.39, 0.29) is 18.1 Å². The van der Waals surface area contributed by atoms with Gasteiger partial charge in [-0.15, -0.1) is 0 Å². The van der Waals surface area contributed by atoms with Crippen LogP contribution in [0.4, 0.5) is 0 Å². The zero-order valence-corrected chi connectivity index (χ0v) is 9.83. The molecule has 0 aromatic carbocycles. The first kappa shape index (κ1) is 12.0. The molecule has 2 heterocycles. The summed E-state index contributed by atoms with van der Waals surface area (Å²) >= 11 is 0. The minimum absolute atomic E-state index is 0.0475. The van der Waals surface area contributed by atoms with Gasteiger partial charge >= 0.3 is 5.97 Å². The van der Waals surface area contributed by atoms with E-state index in [0.717, 1.165) is 0 Å². The summed E-state index contributed by atoms with van der Waals surface area (Å²) in [4.78, 5) is 19.8. The van der Waals surface area contributed by atoms with Crippen molar-refractivity contribution in [2.24, 2.45) is 0 Å². The van der Waals surface area contributed by atoms with Gasteiger partial charge < -0.3 is 9.84 Å². The third kappa shape index (κ3) is 2.63. The Labute approximate surface area is 104 Å². The van der Waals surface area contributed by atoms with Gasteiger partial charge in [0.25, 0.3) is 0 Å². The second-order valence-electron chi connectivity index (χ2n) is 3.53. The molecule has 18 heavy (non-hydrogen) atoms. The van der Waals surface area contributed by atoms with Gasteiger partial charge in [-0.05, 0) is 19.1 Å². The Morgan fingerprint density at radius 3 is 2.83 bits per heavy atom. The first-order valence-electron chi connectivity index (χ1n) is 5.50. The highest BCUT2D eigenvalue weighted by Crippen LogP contribution is 2.20. The quantitative estimate of drug-likeness (QED) is 0.836. The van der Waals surface area contributed by atoms with Gasteiger partial charge in [0.2, 0.25) is 0 Å². The van der Waals surface area contributed by atoms with E-state index >= 15 is 0 Å². The molecule has 0 saturated heterocycles. The number of aromatic hydroxyl groups is 1. The second kappa shape index (κ2) is 5.27. The number of hydrogen-bond acceptors (Lipinski definition) is 5. The van der Waals surface area contributed by atoms with Gasteiger partial charge in [0, 0.05) is 18.3 Å². The van der Waals surface area contributed by atoms with Crippen molar-refractivity contribution in [2.75, 3.05) is 6.61 Å².